The molecule has 0 saturated heterocycles. The van der Waals surface area contributed by atoms with Crippen molar-refractivity contribution in [3.05, 3.63) is 47.8 Å². The predicted molar refractivity (Wildman–Crippen MR) is 102 cm³/mol. The molecule has 0 spiro atoms. The quantitative estimate of drug-likeness (QED) is 0.692. The van der Waals surface area contributed by atoms with E-state index in [9.17, 15) is 9.59 Å². The fraction of sp³-hybridized carbons (Fsp3) is 0.400. The SMILES string of the molecule is COCCNC(=O)C1c2cccn2CC(=O)N1Cc1ccc(OC)cc1OC. The molecule has 1 N–H and O–H groups in total. The maximum atomic E-state index is 12.9. The van der Waals surface area contributed by atoms with Crippen molar-refractivity contribution in [1.29, 1.82) is 0 Å². The normalized spacial score (nSPS) is 15.9. The Morgan fingerprint density at radius 1 is 1.21 bits per heavy atom. The van der Waals surface area contributed by atoms with Gasteiger partial charge >= 0.3 is 0 Å². The molecule has 3 rings (SSSR count). The third-order valence-corrected chi connectivity index (χ3v) is 4.77. The van der Waals surface area contributed by atoms with Gasteiger partial charge in [0.05, 0.1) is 33.1 Å². The Morgan fingerprint density at radius 2 is 2.04 bits per heavy atom. The van der Waals surface area contributed by atoms with Gasteiger partial charge < -0.3 is 29.0 Å². The fourth-order valence-corrected chi connectivity index (χ4v) is 3.35. The van der Waals surface area contributed by atoms with Crippen LogP contribution in [0.2, 0.25) is 0 Å². The molecule has 1 aromatic heterocycles. The molecule has 1 atom stereocenters. The number of nitrogens with one attached hydrogen (secondary N) is 1. The Balaban J connectivity index is 1.91. The number of carbonyl (C=O) groups is 2. The maximum Gasteiger partial charge on any atom is 0.249 e. The number of ether oxygens (including phenoxy) is 3. The maximum absolute atomic E-state index is 12.9. The van der Waals surface area contributed by atoms with Gasteiger partial charge in [-0.05, 0) is 24.3 Å². The summed E-state index contributed by atoms with van der Waals surface area (Å²) < 4.78 is 17.5. The van der Waals surface area contributed by atoms with Crippen molar-refractivity contribution >= 4 is 11.8 Å². The first-order chi connectivity index (χ1) is 13.6. The van der Waals surface area contributed by atoms with E-state index in [2.05, 4.69) is 5.32 Å². The molecule has 2 aromatic rings. The van der Waals surface area contributed by atoms with Gasteiger partial charge in [-0.15, -0.1) is 0 Å². The average Bonchev–Trinajstić information content (AvgIpc) is 3.16. The second kappa shape index (κ2) is 8.79. The summed E-state index contributed by atoms with van der Waals surface area (Å²) >= 11 is 0. The highest BCUT2D eigenvalue weighted by molar-refractivity contribution is 5.90. The molecule has 2 amide bonds. The third kappa shape index (κ3) is 3.96. The molecule has 2 heterocycles. The molecular formula is C20H25N3O5. The Hall–Kier alpha value is -3.00. The third-order valence-electron chi connectivity index (χ3n) is 4.77. The monoisotopic (exact) mass is 387 g/mol. The minimum Gasteiger partial charge on any atom is -0.497 e. The number of hydrogen-bond donors (Lipinski definition) is 1. The van der Waals surface area contributed by atoms with Crippen molar-refractivity contribution in [3.8, 4) is 11.5 Å². The summed E-state index contributed by atoms with van der Waals surface area (Å²) in [6.07, 6.45) is 1.81. The number of fused-ring (bicyclic) bond motifs is 1. The zero-order valence-corrected chi connectivity index (χ0v) is 16.3. The van der Waals surface area contributed by atoms with E-state index in [1.165, 1.54) is 0 Å². The van der Waals surface area contributed by atoms with Crippen molar-refractivity contribution in [2.45, 2.75) is 19.1 Å². The molecule has 8 heteroatoms. The molecule has 1 aromatic carbocycles. The number of hydrogen-bond acceptors (Lipinski definition) is 5. The lowest BCUT2D eigenvalue weighted by Gasteiger charge is -2.36. The summed E-state index contributed by atoms with van der Waals surface area (Å²) in [7, 11) is 4.72. The lowest BCUT2D eigenvalue weighted by molar-refractivity contribution is -0.144. The first-order valence-corrected chi connectivity index (χ1v) is 9.01. The van der Waals surface area contributed by atoms with Gasteiger partial charge in [0, 0.05) is 31.5 Å². The van der Waals surface area contributed by atoms with Crippen LogP contribution in [0.5, 0.6) is 11.5 Å². The second-order valence-electron chi connectivity index (χ2n) is 6.45. The van der Waals surface area contributed by atoms with Gasteiger partial charge in [-0.1, -0.05) is 0 Å². The average molecular weight is 387 g/mol. The minimum absolute atomic E-state index is 0.131. The van der Waals surface area contributed by atoms with Crippen LogP contribution in [0.4, 0.5) is 0 Å². The number of nitrogens with zero attached hydrogens (tertiary/aromatic N) is 2. The molecule has 28 heavy (non-hydrogen) atoms. The van der Waals surface area contributed by atoms with Gasteiger partial charge in [0.15, 0.2) is 6.04 Å². The van der Waals surface area contributed by atoms with Gasteiger partial charge in [-0.25, -0.2) is 0 Å². The highest BCUT2D eigenvalue weighted by atomic mass is 16.5. The number of benzene rings is 1. The van der Waals surface area contributed by atoms with Crippen LogP contribution in [-0.2, 0) is 27.4 Å². The van der Waals surface area contributed by atoms with Crippen molar-refractivity contribution in [2.75, 3.05) is 34.5 Å². The standard InChI is InChI=1S/C20H25N3O5/c1-26-10-8-21-20(25)19-16-5-4-9-22(16)13-18(24)23(19)12-14-6-7-15(27-2)11-17(14)28-3/h4-7,9,11,19H,8,10,12-13H2,1-3H3,(H,21,25). The molecule has 0 aliphatic carbocycles. The summed E-state index contributed by atoms with van der Waals surface area (Å²) in [4.78, 5) is 27.4. The molecule has 0 radical (unpaired) electrons. The number of amides is 2. The van der Waals surface area contributed by atoms with Crippen LogP contribution in [0.15, 0.2) is 36.5 Å². The van der Waals surface area contributed by atoms with Crippen LogP contribution in [0, 0.1) is 0 Å². The zero-order valence-electron chi connectivity index (χ0n) is 16.3. The van der Waals surface area contributed by atoms with E-state index in [-0.39, 0.29) is 24.9 Å². The van der Waals surface area contributed by atoms with Crippen LogP contribution in [-0.4, -0.2) is 55.8 Å². The van der Waals surface area contributed by atoms with Crippen LogP contribution in [0.3, 0.4) is 0 Å². The van der Waals surface area contributed by atoms with Crippen LogP contribution < -0.4 is 14.8 Å². The summed E-state index contributed by atoms with van der Waals surface area (Å²) in [6, 6.07) is 8.40. The summed E-state index contributed by atoms with van der Waals surface area (Å²) in [5.41, 5.74) is 1.58. The van der Waals surface area contributed by atoms with E-state index in [1.54, 1.807) is 32.3 Å². The van der Waals surface area contributed by atoms with E-state index in [0.717, 1.165) is 11.3 Å². The molecule has 0 fully saturated rings. The van der Waals surface area contributed by atoms with Gasteiger partial charge in [-0.3, -0.25) is 9.59 Å². The highest BCUT2D eigenvalue weighted by Crippen LogP contribution is 2.32. The Morgan fingerprint density at radius 3 is 2.75 bits per heavy atom. The van der Waals surface area contributed by atoms with E-state index in [4.69, 9.17) is 14.2 Å². The van der Waals surface area contributed by atoms with Crippen molar-refractivity contribution in [1.82, 2.24) is 14.8 Å². The van der Waals surface area contributed by atoms with E-state index < -0.39 is 6.04 Å². The highest BCUT2D eigenvalue weighted by Gasteiger charge is 2.37. The van der Waals surface area contributed by atoms with E-state index in [1.807, 2.05) is 35.0 Å². The van der Waals surface area contributed by atoms with Crippen LogP contribution >= 0.6 is 0 Å². The number of aromatic nitrogens is 1. The summed E-state index contributed by atoms with van der Waals surface area (Å²) in [5.74, 6) is 0.894. The second-order valence-corrected chi connectivity index (χ2v) is 6.45. The largest absolute Gasteiger partial charge is 0.497 e. The lowest BCUT2D eigenvalue weighted by atomic mass is 10.1. The van der Waals surface area contributed by atoms with Gasteiger partial charge in [0.2, 0.25) is 11.8 Å². The summed E-state index contributed by atoms with van der Waals surface area (Å²) in [6.45, 7) is 1.22. The lowest BCUT2D eigenvalue weighted by Crippen LogP contribution is -2.49. The van der Waals surface area contributed by atoms with Crippen molar-refractivity contribution < 1.29 is 23.8 Å². The van der Waals surface area contributed by atoms with E-state index >= 15 is 0 Å². The van der Waals surface area contributed by atoms with Crippen LogP contribution in [0.1, 0.15) is 17.3 Å². The Bertz CT molecular complexity index is 848. The van der Waals surface area contributed by atoms with Crippen LogP contribution in [0.25, 0.3) is 0 Å². The Kier molecular flexibility index (Phi) is 6.20. The first kappa shape index (κ1) is 19.8. The first-order valence-electron chi connectivity index (χ1n) is 9.01. The van der Waals surface area contributed by atoms with Crippen molar-refractivity contribution in [3.63, 3.8) is 0 Å². The smallest absolute Gasteiger partial charge is 0.249 e. The van der Waals surface area contributed by atoms with Gasteiger partial charge in [-0.2, -0.15) is 0 Å². The topological polar surface area (TPSA) is 82.0 Å². The molecule has 1 aliphatic heterocycles. The van der Waals surface area contributed by atoms with Gasteiger partial charge in [0.25, 0.3) is 0 Å². The van der Waals surface area contributed by atoms with Gasteiger partial charge in [0.1, 0.15) is 18.0 Å². The molecular weight excluding hydrogens is 362 g/mol. The molecule has 150 valence electrons. The molecule has 8 nitrogen and oxygen atoms in total. The Labute approximate surface area is 164 Å². The molecule has 0 saturated carbocycles. The number of rotatable bonds is 8. The molecule has 0 bridgehead atoms. The minimum atomic E-state index is -0.722. The predicted octanol–water partition coefficient (Wildman–Crippen LogP) is 1.35. The van der Waals surface area contributed by atoms with E-state index in [0.29, 0.717) is 24.7 Å². The number of carbonyl (C=O) groups excluding carboxylic acids is 2. The summed E-state index contributed by atoms with van der Waals surface area (Å²) in [5, 5.41) is 2.84. The zero-order chi connectivity index (χ0) is 20.1. The number of methoxy groups -OCH3 is 3. The molecule has 1 aliphatic rings. The fourth-order valence-electron chi connectivity index (χ4n) is 3.35. The van der Waals surface area contributed by atoms with Crippen molar-refractivity contribution in [2.24, 2.45) is 0 Å². The molecule has 1 unspecified atom stereocenters.